The Morgan fingerprint density at radius 1 is 1.73 bits per heavy atom. The first-order valence-corrected chi connectivity index (χ1v) is 4.30. The van der Waals surface area contributed by atoms with Crippen molar-refractivity contribution in [3.8, 4) is 11.8 Å². The molecule has 15 heavy (non-hydrogen) atoms. The lowest BCUT2D eigenvalue weighted by molar-refractivity contribution is -0.109. The Morgan fingerprint density at radius 3 is 3.13 bits per heavy atom. The highest BCUT2D eigenvalue weighted by Gasteiger charge is 2.00. The lowest BCUT2D eigenvalue weighted by Gasteiger charge is -2.05. The summed E-state index contributed by atoms with van der Waals surface area (Å²) in [6.45, 7) is 3.57. The van der Waals surface area contributed by atoms with Crippen LogP contribution < -0.4 is 11.1 Å². The Labute approximate surface area is 88.2 Å². The molecule has 3 N–H and O–H groups in total. The second-order valence-electron chi connectivity index (χ2n) is 2.78. The molecule has 0 bridgehead atoms. The van der Waals surface area contributed by atoms with Gasteiger partial charge in [0.1, 0.15) is 6.04 Å². The van der Waals surface area contributed by atoms with Crippen LogP contribution >= 0.6 is 0 Å². The van der Waals surface area contributed by atoms with Gasteiger partial charge in [0.15, 0.2) is 0 Å². The highest BCUT2D eigenvalue weighted by atomic mass is 16.1. The Morgan fingerprint density at radius 2 is 2.53 bits per heavy atom. The first kappa shape index (κ1) is 11.0. The molecule has 0 fully saturated rings. The topological polar surface area (TPSA) is 68.0 Å². The van der Waals surface area contributed by atoms with E-state index in [1.165, 1.54) is 0 Å². The quantitative estimate of drug-likeness (QED) is 0.535. The van der Waals surface area contributed by atoms with Crippen LogP contribution in [-0.2, 0) is 4.79 Å². The molecule has 1 atom stereocenters. The van der Waals surface area contributed by atoms with Crippen molar-refractivity contribution in [3.05, 3.63) is 42.4 Å². The van der Waals surface area contributed by atoms with E-state index in [0.717, 1.165) is 5.56 Å². The van der Waals surface area contributed by atoms with Crippen molar-refractivity contribution in [1.82, 2.24) is 10.3 Å². The number of carbonyl (C=O) groups excluding carboxylic acids is 1. The first-order chi connectivity index (χ1) is 7.24. The average Bonchev–Trinajstić information content (AvgIpc) is 2.27. The summed E-state index contributed by atoms with van der Waals surface area (Å²) < 4.78 is 0. The number of nitrogens with zero attached hydrogens (tertiary/aromatic N) is 1. The van der Waals surface area contributed by atoms with Gasteiger partial charge < -0.3 is 11.1 Å². The van der Waals surface area contributed by atoms with E-state index in [1.54, 1.807) is 18.5 Å². The van der Waals surface area contributed by atoms with Crippen molar-refractivity contribution in [2.24, 2.45) is 5.73 Å². The van der Waals surface area contributed by atoms with Crippen molar-refractivity contribution >= 4 is 6.41 Å². The van der Waals surface area contributed by atoms with Gasteiger partial charge in [-0.15, -0.1) is 0 Å². The molecule has 76 valence electrons. The maximum atomic E-state index is 10.1. The number of hydrogen-bond donors (Lipinski definition) is 2. The minimum atomic E-state index is -0.574. The van der Waals surface area contributed by atoms with Crippen molar-refractivity contribution in [2.75, 3.05) is 0 Å². The third kappa shape index (κ3) is 3.63. The van der Waals surface area contributed by atoms with Gasteiger partial charge in [0.05, 0.1) is 0 Å². The standard InChI is InChI=1S/C11H11N3O/c1-9(14-8-15)11(12)5-4-10-3-2-6-13-7-10/h2-3,6-8,11H,1,12H2,(H,14,15). The number of pyridine rings is 1. The number of nitrogens with two attached hydrogens (primary N) is 1. The molecule has 0 aliphatic carbocycles. The minimum absolute atomic E-state index is 0.376. The summed E-state index contributed by atoms with van der Waals surface area (Å²) in [7, 11) is 0. The maximum Gasteiger partial charge on any atom is 0.211 e. The van der Waals surface area contributed by atoms with Crippen molar-refractivity contribution in [2.45, 2.75) is 6.04 Å². The Kier molecular flexibility index (Phi) is 4.07. The largest absolute Gasteiger partial charge is 0.330 e. The van der Waals surface area contributed by atoms with E-state index < -0.39 is 6.04 Å². The zero-order chi connectivity index (χ0) is 11.1. The van der Waals surface area contributed by atoms with Crippen molar-refractivity contribution in [1.29, 1.82) is 0 Å². The number of hydrogen-bond acceptors (Lipinski definition) is 3. The van der Waals surface area contributed by atoms with E-state index in [2.05, 4.69) is 28.7 Å². The lowest BCUT2D eigenvalue weighted by Crippen LogP contribution is -2.28. The van der Waals surface area contributed by atoms with E-state index in [0.29, 0.717) is 12.1 Å². The Hall–Kier alpha value is -2.12. The van der Waals surface area contributed by atoms with Gasteiger partial charge in [-0.2, -0.15) is 0 Å². The van der Waals surface area contributed by atoms with Crippen LogP contribution in [0.3, 0.4) is 0 Å². The number of nitrogens with one attached hydrogen (secondary N) is 1. The van der Waals surface area contributed by atoms with E-state index in [1.807, 2.05) is 6.07 Å². The van der Waals surface area contributed by atoms with Gasteiger partial charge in [-0.3, -0.25) is 9.78 Å². The van der Waals surface area contributed by atoms with Crippen LogP contribution in [0.5, 0.6) is 0 Å². The van der Waals surface area contributed by atoms with Gasteiger partial charge in [0.25, 0.3) is 0 Å². The highest BCUT2D eigenvalue weighted by molar-refractivity contribution is 5.51. The van der Waals surface area contributed by atoms with Gasteiger partial charge in [-0.25, -0.2) is 0 Å². The number of amides is 1. The highest BCUT2D eigenvalue weighted by Crippen LogP contribution is 1.93. The second-order valence-corrected chi connectivity index (χ2v) is 2.78. The predicted molar refractivity (Wildman–Crippen MR) is 57.4 cm³/mol. The summed E-state index contributed by atoms with van der Waals surface area (Å²) in [6, 6.07) is 3.03. The summed E-state index contributed by atoms with van der Waals surface area (Å²) >= 11 is 0. The van der Waals surface area contributed by atoms with Crippen LogP contribution in [0.2, 0.25) is 0 Å². The van der Waals surface area contributed by atoms with E-state index >= 15 is 0 Å². The number of aromatic nitrogens is 1. The van der Waals surface area contributed by atoms with E-state index in [4.69, 9.17) is 5.73 Å². The Bertz CT molecular complexity index is 403. The molecule has 0 spiro atoms. The predicted octanol–water partition coefficient (Wildman–Crippen LogP) is 0.0201. The normalized spacial score (nSPS) is 10.7. The first-order valence-electron chi connectivity index (χ1n) is 4.30. The monoisotopic (exact) mass is 201 g/mol. The molecule has 1 aromatic heterocycles. The van der Waals surface area contributed by atoms with E-state index in [9.17, 15) is 4.79 Å². The smallest absolute Gasteiger partial charge is 0.211 e. The summed E-state index contributed by atoms with van der Waals surface area (Å²) in [5.41, 5.74) is 6.78. The molecule has 1 rings (SSSR count). The molecular formula is C11H11N3O. The zero-order valence-electron chi connectivity index (χ0n) is 8.10. The fourth-order valence-corrected chi connectivity index (χ4v) is 0.850. The van der Waals surface area contributed by atoms with Crippen LogP contribution in [0.1, 0.15) is 5.56 Å². The number of rotatable bonds is 3. The van der Waals surface area contributed by atoms with E-state index in [-0.39, 0.29) is 0 Å². The molecule has 0 aliphatic rings. The van der Waals surface area contributed by atoms with Gasteiger partial charge in [-0.1, -0.05) is 18.4 Å². The van der Waals surface area contributed by atoms with Gasteiger partial charge in [0, 0.05) is 23.7 Å². The van der Waals surface area contributed by atoms with Crippen LogP contribution in [-0.4, -0.2) is 17.4 Å². The van der Waals surface area contributed by atoms with Crippen LogP contribution in [0, 0.1) is 11.8 Å². The molecule has 1 heterocycles. The molecule has 4 heteroatoms. The van der Waals surface area contributed by atoms with Crippen molar-refractivity contribution in [3.63, 3.8) is 0 Å². The molecule has 1 unspecified atom stereocenters. The van der Waals surface area contributed by atoms with Gasteiger partial charge >= 0.3 is 0 Å². The maximum absolute atomic E-state index is 10.1. The van der Waals surface area contributed by atoms with Crippen LogP contribution in [0.4, 0.5) is 0 Å². The average molecular weight is 201 g/mol. The molecule has 4 nitrogen and oxygen atoms in total. The molecule has 0 aliphatic heterocycles. The third-order valence-corrected chi connectivity index (χ3v) is 1.65. The summed E-state index contributed by atoms with van der Waals surface area (Å²) in [4.78, 5) is 14.0. The van der Waals surface area contributed by atoms with Crippen LogP contribution in [0.15, 0.2) is 36.8 Å². The third-order valence-electron chi connectivity index (χ3n) is 1.65. The fraction of sp³-hybridized carbons (Fsp3) is 0.0909. The SMILES string of the molecule is C=C(NC=O)C(N)C#Cc1cccnc1. The molecule has 1 amide bonds. The summed E-state index contributed by atoms with van der Waals surface area (Å²) in [5.74, 6) is 5.58. The van der Waals surface area contributed by atoms with Crippen molar-refractivity contribution < 1.29 is 4.79 Å². The molecule has 0 radical (unpaired) electrons. The second kappa shape index (κ2) is 5.58. The Balaban J connectivity index is 2.66. The molecule has 0 saturated heterocycles. The van der Waals surface area contributed by atoms with Gasteiger partial charge in [-0.05, 0) is 12.1 Å². The fourth-order valence-electron chi connectivity index (χ4n) is 0.850. The van der Waals surface area contributed by atoms with Crippen LogP contribution in [0.25, 0.3) is 0 Å². The molecular weight excluding hydrogens is 190 g/mol. The zero-order valence-corrected chi connectivity index (χ0v) is 8.10. The summed E-state index contributed by atoms with van der Waals surface area (Å²) in [6.07, 6.45) is 3.82. The molecule has 0 aromatic carbocycles. The minimum Gasteiger partial charge on any atom is -0.330 e. The van der Waals surface area contributed by atoms with Gasteiger partial charge in [0.2, 0.25) is 6.41 Å². The lowest BCUT2D eigenvalue weighted by atomic mass is 10.2. The molecule has 0 saturated carbocycles. The number of carbonyl (C=O) groups is 1. The molecule has 1 aromatic rings. The summed E-state index contributed by atoms with van der Waals surface area (Å²) in [5, 5.41) is 2.36.